The third kappa shape index (κ3) is 5.03. The first kappa shape index (κ1) is 33.6. The number of nitrogens with zero attached hydrogens (tertiary/aromatic N) is 3. The molecule has 0 unspecified atom stereocenters. The van der Waals surface area contributed by atoms with Crippen LogP contribution in [0.25, 0.3) is 118 Å². The number of thiazole rings is 1. The molecule has 0 N–H and O–H groups in total. The van der Waals surface area contributed by atoms with Crippen molar-refractivity contribution in [3.63, 3.8) is 0 Å². The molecule has 60 heavy (non-hydrogen) atoms. The highest BCUT2D eigenvalue weighted by molar-refractivity contribution is 7.26. The number of benzene rings is 9. The molecule has 0 aliphatic rings. The van der Waals surface area contributed by atoms with Gasteiger partial charge in [0.1, 0.15) is 5.01 Å². The lowest BCUT2D eigenvalue weighted by molar-refractivity contribution is 1.18. The molecule has 13 rings (SSSR count). The van der Waals surface area contributed by atoms with E-state index in [2.05, 4.69) is 209 Å². The second-order valence-corrected chi connectivity index (χ2v) is 17.6. The Hall–Kier alpha value is -7.31. The van der Waals surface area contributed by atoms with Gasteiger partial charge in [0.2, 0.25) is 0 Å². The van der Waals surface area contributed by atoms with E-state index in [0.29, 0.717) is 0 Å². The third-order valence-electron chi connectivity index (χ3n) is 12.2. The predicted molar refractivity (Wildman–Crippen MR) is 257 cm³/mol. The number of aromatic nitrogens is 3. The molecule has 0 fully saturated rings. The van der Waals surface area contributed by atoms with Crippen molar-refractivity contribution < 1.29 is 0 Å². The molecule has 13 aromatic rings. The highest BCUT2D eigenvalue weighted by atomic mass is 32.1. The lowest BCUT2D eigenvalue weighted by Gasteiger charge is -2.10. The van der Waals surface area contributed by atoms with Gasteiger partial charge in [0.15, 0.2) is 0 Å². The summed E-state index contributed by atoms with van der Waals surface area (Å²) in [6, 6.07) is 73.0. The maximum atomic E-state index is 5.58. The fourth-order valence-corrected chi connectivity index (χ4v) is 11.7. The summed E-state index contributed by atoms with van der Waals surface area (Å²) in [6.45, 7) is 0. The van der Waals surface area contributed by atoms with Crippen molar-refractivity contribution in [2.24, 2.45) is 0 Å². The molecule has 9 aromatic carbocycles. The molecule has 4 heterocycles. The molecular weight excluding hydrogens is 767 g/mol. The van der Waals surface area contributed by atoms with Gasteiger partial charge in [-0.1, -0.05) is 121 Å². The minimum absolute atomic E-state index is 1.03. The molecule has 280 valence electrons. The fourth-order valence-electron chi connectivity index (χ4n) is 9.44. The molecule has 0 bridgehead atoms. The quantitative estimate of drug-likeness (QED) is 0.170. The van der Waals surface area contributed by atoms with E-state index in [1.54, 1.807) is 11.3 Å². The van der Waals surface area contributed by atoms with Gasteiger partial charge in [0.25, 0.3) is 0 Å². The Morgan fingerprint density at radius 1 is 0.333 bits per heavy atom. The van der Waals surface area contributed by atoms with Crippen LogP contribution < -0.4 is 0 Å². The van der Waals surface area contributed by atoms with E-state index in [9.17, 15) is 0 Å². The van der Waals surface area contributed by atoms with Gasteiger partial charge in [0.05, 0.1) is 32.3 Å². The second kappa shape index (κ2) is 13.1. The van der Waals surface area contributed by atoms with Crippen molar-refractivity contribution >= 4 is 96.7 Å². The van der Waals surface area contributed by atoms with Gasteiger partial charge < -0.3 is 9.13 Å². The monoisotopic (exact) mass is 799 g/mol. The third-order valence-corrected chi connectivity index (χ3v) is 14.5. The van der Waals surface area contributed by atoms with Crippen molar-refractivity contribution in [2.75, 3.05) is 0 Å². The number of thiophene rings is 1. The van der Waals surface area contributed by atoms with E-state index in [0.717, 1.165) is 38.6 Å². The van der Waals surface area contributed by atoms with Crippen molar-refractivity contribution in [2.45, 2.75) is 0 Å². The smallest absolute Gasteiger partial charge is 0.124 e. The standard InChI is InChI=1S/C55H33N3S2/c1-3-13-37(14-4-1)57-47-20-10-7-17-41(47)44-31-34(23-28-49(44)57)39-26-27-40(35-24-29-50-45(32-35)42-18-8-11-21-48(42)58(50)38-15-5-2-6-16-38)54-53(39)56-55(60-54)36-25-30-52-46(33-36)43-19-9-12-22-51(43)59-52/h1-33H. The zero-order valence-corrected chi connectivity index (χ0v) is 33.8. The first-order valence-corrected chi connectivity index (χ1v) is 21.9. The molecule has 0 saturated heterocycles. The molecule has 0 radical (unpaired) electrons. The predicted octanol–water partition coefficient (Wildman–Crippen LogP) is 15.9. The molecule has 0 aliphatic carbocycles. The van der Waals surface area contributed by atoms with E-state index < -0.39 is 0 Å². The molecule has 0 atom stereocenters. The number of rotatable bonds is 5. The summed E-state index contributed by atoms with van der Waals surface area (Å²) in [5.41, 5.74) is 14.0. The van der Waals surface area contributed by atoms with E-state index in [4.69, 9.17) is 4.98 Å². The largest absolute Gasteiger partial charge is 0.309 e. The van der Waals surface area contributed by atoms with E-state index in [1.165, 1.54) is 79.6 Å². The number of para-hydroxylation sites is 4. The van der Waals surface area contributed by atoms with Crippen molar-refractivity contribution in [1.82, 2.24) is 14.1 Å². The highest BCUT2D eigenvalue weighted by Gasteiger charge is 2.20. The Morgan fingerprint density at radius 3 is 1.47 bits per heavy atom. The SMILES string of the molecule is c1ccc(-n2c3ccccc3c3cc(-c4ccc(-c5ccc6c(c5)c5ccccc5n6-c5ccccc5)c5sc(-c6ccc7sc8ccccc8c7c6)nc45)ccc32)cc1. The van der Waals surface area contributed by atoms with Crippen molar-refractivity contribution in [3.05, 3.63) is 200 Å². The normalized spacial score (nSPS) is 12.0. The fraction of sp³-hybridized carbons (Fsp3) is 0. The van der Waals surface area contributed by atoms with Crippen LogP contribution in [0.5, 0.6) is 0 Å². The molecule has 4 aromatic heterocycles. The minimum atomic E-state index is 1.03. The highest BCUT2D eigenvalue weighted by Crippen LogP contribution is 2.45. The summed E-state index contributed by atoms with van der Waals surface area (Å²) in [5, 5.41) is 8.57. The van der Waals surface area contributed by atoms with E-state index >= 15 is 0 Å². The topological polar surface area (TPSA) is 22.8 Å². The lowest BCUT2D eigenvalue weighted by atomic mass is 9.97. The average molecular weight is 800 g/mol. The lowest BCUT2D eigenvalue weighted by Crippen LogP contribution is -1.93. The first-order valence-electron chi connectivity index (χ1n) is 20.3. The van der Waals surface area contributed by atoms with Crippen LogP contribution in [-0.2, 0) is 0 Å². The Balaban J connectivity index is 1.04. The Labute approximate surface area is 353 Å². The van der Waals surface area contributed by atoms with Crippen LogP contribution >= 0.6 is 22.7 Å². The Kier molecular flexibility index (Phi) is 7.35. The van der Waals surface area contributed by atoms with Gasteiger partial charge in [-0.15, -0.1) is 22.7 Å². The Morgan fingerprint density at radius 2 is 0.817 bits per heavy atom. The maximum Gasteiger partial charge on any atom is 0.124 e. The van der Waals surface area contributed by atoms with Gasteiger partial charge in [-0.05, 0) is 90.0 Å². The molecule has 5 heteroatoms. The molecule has 0 spiro atoms. The van der Waals surface area contributed by atoms with Crippen LogP contribution in [0.15, 0.2) is 200 Å². The van der Waals surface area contributed by atoms with Gasteiger partial charge in [-0.2, -0.15) is 0 Å². The average Bonchev–Trinajstić information content (AvgIpc) is 4.08. The van der Waals surface area contributed by atoms with Crippen LogP contribution in [-0.4, -0.2) is 14.1 Å². The van der Waals surface area contributed by atoms with Crippen LogP contribution in [0.4, 0.5) is 0 Å². The van der Waals surface area contributed by atoms with E-state index in [1.807, 2.05) is 11.3 Å². The summed E-state index contributed by atoms with van der Waals surface area (Å²) >= 11 is 3.65. The van der Waals surface area contributed by atoms with Gasteiger partial charge in [0, 0.05) is 69.8 Å². The molecule has 0 amide bonds. The van der Waals surface area contributed by atoms with Crippen LogP contribution in [0.3, 0.4) is 0 Å². The first-order chi connectivity index (χ1) is 29.7. The molecule has 3 nitrogen and oxygen atoms in total. The summed E-state index contributed by atoms with van der Waals surface area (Å²) in [5.74, 6) is 0. The summed E-state index contributed by atoms with van der Waals surface area (Å²) < 4.78 is 8.56. The van der Waals surface area contributed by atoms with Crippen LogP contribution in [0, 0.1) is 0 Å². The Bertz CT molecular complexity index is 3640. The van der Waals surface area contributed by atoms with Crippen molar-refractivity contribution in [3.8, 4) is 44.2 Å². The summed E-state index contributed by atoms with van der Waals surface area (Å²) in [7, 11) is 0. The second-order valence-electron chi connectivity index (χ2n) is 15.5. The molecule has 0 aliphatic heterocycles. The molecular formula is C55H33N3S2. The van der Waals surface area contributed by atoms with Gasteiger partial charge in [-0.25, -0.2) is 4.98 Å². The summed E-state index contributed by atoms with van der Waals surface area (Å²) in [4.78, 5) is 5.58. The zero-order chi connectivity index (χ0) is 39.3. The van der Waals surface area contributed by atoms with Crippen LogP contribution in [0.2, 0.25) is 0 Å². The minimum Gasteiger partial charge on any atom is -0.309 e. The van der Waals surface area contributed by atoms with Gasteiger partial charge in [-0.3, -0.25) is 0 Å². The zero-order valence-electron chi connectivity index (χ0n) is 32.2. The molecule has 0 saturated carbocycles. The summed E-state index contributed by atoms with van der Waals surface area (Å²) in [6.07, 6.45) is 0. The number of fused-ring (bicyclic) bond motifs is 10. The van der Waals surface area contributed by atoms with Gasteiger partial charge >= 0.3 is 0 Å². The maximum absolute atomic E-state index is 5.58. The van der Waals surface area contributed by atoms with Crippen molar-refractivity contribution in [1.29, 1.82) is 0 Å². The van der Waals surface area contributed by atoms with E-state index in [-0.39, 0.29) is 0 Å². The number of hydrogen-bond donors (Lipinski definition) is 0. The van der Waals surface area contributed by atoms with Crippen LogP contribution in [0.1, 0.15) is 0 Å². The number of hydrogen-bond acceptors (Lipinski definition) is 3.